The van der Waals surface area contributed by atoms with E-state index in [1.54, 1.807) is 0 Å². The predicted molar refractivity (Wildman–Crippen MR) is 39.0 cm³/mol. The molecule has 0 aromatic rings. The van der Waals surface area contributed by atoms with E-state index in [0.717, 1.165) is 0 Å². The van der Waals surface area contributed by atoms with E-state index in [1.807, 2.05) is 0 Å². The van der Waals surface area contributed by atoms with Crippen LogP contribution in [0.1, 0.15) is 6.42 Å². The molecule has 0 unspecified atom stereocenters. The number of nitrogens with two attached hydrogens (primary N) is 2. The SMILES string of the molecule is NCNC(=O)CC(=O)NCN. The Morgan fingerprint density at radius 3 is 1.64 bits per heavy atom. The van der Waals surface area contributed by atoms with Crippen LogP contribution in [0.25, 0.3) is 0 Å². The Morgan fingerprint density at radius 1 is 1.00 bits per heavy atom. The van der Waals surface area contributed by atoms with E-state index in [2.05, 4.69) is 10.6 Å². The van der Waals surface area contributed by atoms with Gasteiger partial charge in [-0.25, -0.2) is 0 Å². The smallest absolute Gasteiger partial charge is 0.230 e. The van der Waals surface area contributed by atoms with Gasteiger partial charge in [-0.3, -0.25) is 9.59 Å². The van der Waals surface area contributed by atoms with Crippen molar-refractivity contribution in [1.82, 2.24) is 10.6 Å². The third-order valence-electron chi connectivity index (χ3n) is 0.920. The van der Waals surface area contributed by atoms with Crippen LogP contribution < -0.4 is 22.1 Å². The minimum atomic E-state index is -0.404. The molecule has 11 heavy (non-hydrogen) atoms. The van der Waals surface area contributed by atoms with Crippen LogP contribution in [0.15, 0.2) is 0 Å². The highest BCUT2D eigenvalue weighted by molar-refractivity contribution is 5.96. The molecule has 6 nitrogen and oxygen atoms in total. The van der Waals surface area contributed by atoms with Gasteiger partial charge in [-0.2, -0.15) is 0 Å². The second kappa shape index (κ2) is 5.63. The second-order valence-electron chi connectivity index (χ2n) is 1.78. The van der Waals surface area contributed by atoms with Crippen molar-refractivity contribution in [3.05, 3.63) is 0 Å². The zero-order chi connectivity index (χ0) is 8.69. The minimum absolute atomic E-state index is 0.0364. The van der Waals surface area contributed by atoms with E-state index in [9.17, 15) is 9.59 Å². The van der Waals surface area contributed by atoms with Gasteiger partial charge in [0.05, 0.1) is 13.3 Å². The first kappa shape index (κ1) is 9.86. The summed E-state index contributed by atoms with van der Waals surface area (Å²) in [4.78, 5) is 21.3. The van der Waals surface area contributed by atoms with Gasteiger partial charge in [0.1, 0.15) is 6.42 Å². The van der Waals surface area contributed by atoms with Crippen LogP contribution >= 0.6 is 0 Å². The van der Waals surface area contributed by atoms with Gasteiger partial charge in [0, 0.05) is 0 Å². The molecule has 0 saturated heterocycles. The largest absolute Gasteiger partial charge is 0.343 e. The summed E-state index contributed by atoms with van der Waals surface area (Å²) < 4.78 is 0. The van der Waals surface area contributed by atoms with E-state index in [4.69, 9.17) is 11.5 Å². The predicted octanol–water partition coefficient (Wildman–Crippen LogP) is -2.56. The standard InChI is InChI=1S/C5H12N4O2/c6-2-8-4(10)1-5(11)9-3-7/h1-3,6-7H2,(H,8,10)(H,9,11). The molecule has 0 rings (SSSR count). The lowest BCUT2D eigenvalue weighted by atomic mass is 10.4. The second-order valence-corrected chi connectivity index (χ2v) is 1.78. The molecule has 0 aliphatic rings. The summed E-state index contributed by atoms with van der Waals surface area (Å²) in [7, 11) is 0. The molecule has 64 valence electrons. The highest BCUT2D eigenvalue weighted by Crippen LogP contribution is 1.77. The first-order chi connectivity index (χ1) is 5.20. The van der Waals surface area contributed by atoms with Crippen molar-refractivity contribution in [2.24, 2.45) is 11.5 Å². The molecule has 6 heteroatoms. The molecule has 0 aromatic heterocycles. The normalized spacial score (nSPS) is 8.91. The van der Waals surface area contributed by atoms with Crippen LogP contribution in [-0.4, -0.2) is 25.2 Å². The van der Waals surface area contributed by atoms with Crippen LogP contribution in [0.2, 0.25) is 0 Å². The first-order valence-corrected chi connectivity index (χ1v) is 3.14. The molecule has 2 amide bonds. The average Bonchev–Trinajstić information content (AvgIpc) is 1.87. The molecule has 6 N–H and O–H groups in total. The van der Waals surface area contributed by atoms with Crippen LogP contribution in [0.3, 0.4) is 0 Å². The highest BCUT2D eigenvalue weighted by Gasteiger charge is 2.05. The van der Waals surface area contributed by atoms with Crippen molar-refractivity contribution < 1.29 is 9.59 Å². The number of hydrogen-bond acceptors (Lipinski definition) is 4. The Morgan fingerprint density at radius 2 is 1.36 bits per heavy atom. The van der Waals surface area contributed by atoms with E-state index < -0.39 is 11.8 Å². The van der Waals surface area contributed by atoms with Crippen LogP contribution in [0, 0.1) is 0 Å². The van der Waals surface area contributed by atoms with E-state index >= 15 is 0 Å². The molecular weight excluding hydrogens is 148 g/mol. The molecule has 0 spiro atoms. The van der Waals surface area contributed by atoms with Gasteiger partial charge in [0.15, 0.2) is 0 Å². The van der Waals surface area contributed by atoms with Crippen molar-refractivity contribution in [3.63, 3.8) is 0 Å². The molecule has 0 aliphatic heterocycles. The first-order valence-electron chi connectivity index (χ1n) is 3.14. The molecule has 0 saturated carbocycles. The Kier molecular flexibility index (Phi) is 5.05. The van der Waals surface area contributed by atoms with Gasteiger partial charge < -0.3 is 22.1 Å². The van der Waals surface area contributed by atoms with Gasteiger partial charge in [0.25, 0.3) is 0 Å². The number of amides is 2. The number of carbonyl (C=O) groups is 2. The molecule has 0 bridgehead atoms. The van der Waals surface area contributed by atoms with Crippen molar-refractivity contribution in [3.8, 4) is 0 Å². The van der Waals surface area contributed by atoms with Gasteiger partial charge in [-0.05, 0) is 0 Å². The summed E-state index contributed by atoms with van der Waals surface area (Å²) in [5, 5.41) is 4.54. The molecule has 0 aliphatic carbocycles. The fourth-order valence-corrected chi connectivity index (χ4v) is 0.498. The third-order valence-corrected chi connectivity index (χ3v) is 0.920. The molecule has 0 atom stereocenters. The van der Waals surface area contributed by atoms with Crippen molar-refractivity contribution >= 4 is 11.8 Å². The average molecular weight is 160 g/mol. The van der Waals surface area contributed by atoms with Gasteiger partial charge in [0.2, 0.25) is 11.8 Å². The maximum Gasteiger partial charge on any atom is 0.230 e. The van der Waals surface area contributed by atoms with Gasteiger partial charge >= 0.3 is 0 Å². The fourth-order valence-electron chi connectivity index (χ4n) is 0.498. The summed E-state index contributed by atoms with van der Waals surface area (Å²) in [6.07, 6.45) is -0.228. The zero-order valence-electron chi connectivity index (χ0n) is 6.09. The van der Waals surface area contributed by atoms with E-state index in [1.165, 1.54) is 0 Å². The third kappa shape index (κ3) is 5.31. The monoisotopic (exact) mass is 160 g/mol. The molecule has 0 radical (unpaired) electrons. The number of carbonyl (C=O) groups excluding carboxylic acids is 2. The Balaban J connectivity index is 3.49. The van der Waals surface area contributed by atoms with E-state index in [0.29, 0.717) is 0 Å². The summed E-state index contributed by atoms with van der Waals surface area (Å²) in [6, 6.07) is 0. The van der Waals surface area contributed by atoms with Crippen LogP contribution in [0.4, 0.5) is 0 Å². The van der Waals surface area contributed by atoms with Crippen LogP contribution in [-0.2, 0) is 9.59 Å². The Bertz CT molecular complexity index is 131. The maximum atomic E-state index is 10.6. The lowest BCUT2D eigenvalue weighted by Gasteiger charge is -2.01. The van der Waals surface area contributed by atoms with Crippen LogP contribution in [0.5, 0.6) is 0 Å². The Hall–Kier alpha value is -1.14. The molecule has 0 fully saturated rings. The highest BCUT2D eigenvalue weighted by atomic mass is 16.2. The summed E-state index contributed by atoms with van der Waals surface area (Å²) >= 11 is 0. The van der Waals surface area contributed by atoms with Crippen molar-refractivity contribution in [1.29, 1.82) is 0 Å². The molecule has 0 heterocycles. The quantitative estimate of drug-likeness (QED) is 0.268. The van der Waals surface area contributed by atoms with Crippen molar-refractivity contribution in [2.45, 2.75) is 6.42 Å². The van der Waals surface area contributed by atoms with Crippen molar-refractivity contribution in [2.75, 3.05) is 13.3 Å². The molecular formula is C5H12N4O2. The maximum absolute atomic E-state index is 10.6. The number of rotatable bonds is 4. The topological polar surface area (TPSA) is 110 Å². The number of nitrogens with one attached hydrogen (secondary N) is 2. The summed E-state index contributed by atoms with van der Waals surface area (Å²) in [5.74, 6) is -0.808. The zero-order valence-corrected chi connectivity index (χ0v) is 6.09. The minimum Gasteiger partial charge on any atom is -0.343 e. The Labute approximate surface area is 64.3 Å². The van der Waals surface area contributed by atoms with E-state index in [-0.39, 0.29) is 19.8 Å². The summed E-state index contributed by atoms with van der Waals surface area (Å²) in [6.45, 7) is 0.0729. The summed E-state index contributed by atoms with van der Waals surface area (Å²) in [5.41, 5.74) is 9.98. The lowest BCUT2D eigenvalue weighted by Crippen LogP contribution is -2.36. The lowest BCUT2D eigenvalue weighted by molar-refractivity contribution is -0.129. The molecule has 0 aromatic carbocycles. The number of hydrogen-bond donors (Lipinski definition) is 4. The van der Waals surface area contributed by atoms with Gasteiger partial charge in [-0.1, -0.05) is 0 Å². The van der Waals surface area contributed by atoms with Gasteiger partial charge in [-0.15, -0.1) is 0 Å². The fraction of sp³-hybridized carbons (Fsp3) is 0.600.